The number of hydrogen-bond acceptors (Lipinski definition) is 4. The van der Waals surface area contributed by atoms with E-state index in [0.717, 1.165) is 11.3 Å². The molecule has 1 aliphatic rings. The summed E-state index contributed by atoms with van der Waals surface area (Å²) >= 11 is 0. The maximum atomic E-state index is 13.5. The highest BCUT2D eigenvalue weighted by atomic mass is 19.1. The molecular formula is C28H29FN4O3. The van der Waals surface area contributed by atoms with E-state index in [-0.39, 0.29) is 24.3 Å². The quantitative estimate of drug-likeness (QED) is 0.550. The second-order valence-corrected chi connectivity index (χ2v) is 8.75. The van der Waals surface area contributed by atoms with E-state index in [0.29, 0.717) is 44.0 Å². The third kappa shape index (κ3) is 6.47. The minimum absolute atomic E-state index is 0.0344. The van der Waals surface area contributed by atoms with Crippen LogP contribution in [0.2, 0.25) is 0 Å². The number of piperazine rings is 1. The van der Waals surface area contributed by atoms with E-state index in [9.17, 15) is 18.8 Å². The van der Waals surface area contributed by atoms with Crippen LogP contribution in [0.25, 0.3) is 0 Å². The summed E-state index contributed by atoms with van der Waals surface area (Å²) in [6.07, 6.45) is 0. The van der Waals surface area contributed by atoms with Crippen LogP contribution in [0.3, 0.4) is 0 Å². The minimum atomic E-state index is -0.420. The van der Waals surface area contributed by atoms with Crippen molar-refractivity contribution >= 4 is 29.1 Å². The molecule has 0 saturated carbocycles. The lowest BCUT2D eigenvalue weighted by Crippen LogP contribution is -2.48. The second-order valence-electron chi connectivity index (χ2n) is 8.75. The van der Waals surface area contributed by atoms with E-state index in [4.69, 9.17) is 0 Å². The summed E-state index contributed by atoms with van der Waals surface area (Å²) in [7, 11) is 0. The molecule has 1 aliphatic heterocycles. The molecule has 3 amide bonds. The smallest absolute Gasteiger partial charge is 0.254 e. The van der Waals surface area contributed by atoms with Gasteiger partial charge in [0.15, 0.2) is 0 Å². The average Bonchev–Trinajstić information content (AvgIpc) is 2.89. The molecule has 1 fully saturated rings. The third-order valence-corrected chi connectivity index (χ3v) is 6.15. The van der Waals surface area contributed by atoms with Crippen molar-refractivity contribution in [3.63, 3.8) is 0 Å². The molecule has 3 aromatic rings. The van der Waals surface area contributed by atoms with Crippen molar-refractivity contribution < 1.29 is 18.8 Å². The Kier molecular flexibility index (Phi) is 7.95. The molecule has 0 aromatic heterocycles. The van der Waals surface area contributed by atoms with Gasteiger partial charge in [0.1, 0.15) is 12.4 Å². The van der Waals surface area contributed by atoms with Crippen molar-refractivity contribution in [1.29, 1.82) is 0 Å². The van der Waals surface area contributed by atoms with Gasteiger partial charge in [0.25, 0.3) is 5.91 Å². The molecule has 0 unspecified atom stereocenters. The first-order chi connectivity index (χ1) is 17.4. The van der Waals surface area contributed by atoms with Gasteiger partial charge < -0.3 is 20.0 Å². The van der Waals surface area contributed by atoms with Gasteiger partial charge in [-0.2, -0.15) is 0 Å². The van der Waals surface area contributed by atoms with Crippen LogP contribution >= 0.6 is 0 Å². The molecule has 36 heavy (non-hydrogen) atoms. The number of nitrogens with one attached hydrogen (secondary N) is 1. The number of rotatable bonds is 7. The molecule has 0 atom stereocenters. The Bertz CT molecular complexity index is 1210. The van der Waals surface area contributed by atoms with Crippen LogP contribution in [0.5, 0.6) is 0 Å². The van der Waals surface area contributed by atoms with Crippen molar-refractivity contribution in [3.05, 3.63) is 95.8 Å². The lowest BCUT2D eigenvalue weighted by Gasteiger charge is -2.36. The first-order valence-corrected chi connectivity index (χ1v) is 11.9. The summed E-state index contributed by atoms with van der Waals surface area (Å²) in [4.78, 5) is 42.6. The molecule has 0 radical (unpaired) electrons. The van der Waals surface area contributed by atoms with Gasteiger partial charge in [-0.25, -0.2) is 4.39 Å². The van der Waals surface area contributed by atoms with E-state index in [1.54, 1.807) is 17.0 Å². The largest absolute Gasteiger partial charge is 0.368 e. The van der Waals surface area contributed by atoms with Crippen LogP contribution in [0, 0.1) is 5.82 Å². The van der Waals surface area contributed by atoms with Gasteiger partial charge in [-0.3, -0.25) is 14.4 Å². The summed E-state index contributed by atoms with van der Waals surface area (Å²) in [5.41, 5.74) is 2.95. The number of carbonyl (C=O) groups excluding carboxylic acids is 3. The fourth-order valence-electron chi connectivity index (χ4n) is 4.18. The fourth-order valence-corrected chi connectivity index (χ4v) is 4.18. The second kappa shape index (κ2) is 11.5. The normalized spacial score (nSPS) is 13.3. The summed E-state index contributed by atoms with van der Waals surface area (Å²) in [5, 5.41) is 2.85. The number of anilines is 2. The fraction of sp³-hybridized carbons (Fsp3) is 0.250. The van der Waals surface area contributed by atoms with E-state index >= 15 is 0 Å². The number of nitrogens with zero attached hydrogens (tertiary/aromatic N) is 3. The predicted octanol–water partition coefficient (Wildman–Crippen LogP) is 3.78. The Hall–Kier alpha value is -4.20. The highest BCUT2D eigenvalue weighted by Gasteiger charge is 2.22. The average molecular weight is 489 g/mol. The van der Waals surface area contributed by atoms with E-state index in [1.807, 2.05) is 54.6 Å². The molecule has 0 spiro atoms. The highest BCUT2D eigenvalue weighted by Crippen LogP contribution is 2.20. The van der Waals surface area contributed by atoms with Gasteiger partial charge in [-0.05, 0) is 48.0 Å². The Balaban J connectivity index is 1.28. The molecule has 0 aliphatic carbocycles. The number of carbonyl (C=O) groups is 3. The van der Waals surface area contributed by atoms with Crippen LogP contribution in [-0.2, 0) is 16.1 Å². The standard InChI is InChI=1S/C28H29FN4O3/c1-21(34)33(19-22-6-3-2-4-7-22)20-27(35)30-25-10-12-26(13-11-25)31-14-16-32(17-15-31)28(36)23-8-5-9-24(29)18-23/h2-13,18H,14-17,19-20H2,1H3,(H,30,35). The van der Waals surface area contributed by atoms with Gasteiger partial charge in [0, 0.05) is 56.6 Å². The van der Waals surface area contributed by atoms with Crippen molar-refractivity contribution in [2.24, 2.45) is 0 Å². The topological polar surface area (TPSA) is 73.0 Å². The number of amides is 3. The maximum absolute atomic E-state index is 13.5. The van der Waals surface area contributed by atoms with Crippen LogP contribution in [0.15, 0.2) is 78.9 Å². The minimum Gasteiger partial charge on any atom is -0.368 e. The highest BCUT2D eigenvalue weighted by molar-refractivity contribution is 5.95. The van der Waals surface area contributed by atoms with Crippen molar-refractivity contribution in [2.45, 2.75) is 13.5 Å². The summed E-state index contributed by atoms with van der Waals surface area (Å²) < 4.78 is 13.5. The summed E-state index contributed by atoms with van der Waals surface area (Å²) in [6, 6.07) is 22.8. The molecule has 8 heteroatoms. The predicted molar refractivity (Wildman–Crippen MR) is 137 cm³/mol. The molecule has 0 bridgehead atoms. The maximum Gasteiger partial charge on any atom is 0.254 e. The van der Waals surface area contributed by atoms with Crippen LogP contribution in [0.4, 0.5) is 15.8 Å². The van der Waals surface area contributed by atoms with Crippen molar-refractivity contribution in [1.82, 2.24) is 9.80 Å². The van der Waals surface area contributed by atoms with Gasteiger partial charge >= 0.3 is 0 Å². The molecule has 1 heterocycles. The van der Waals surface area contributed by atoms with Gasteiger partial charge in [0.05, 0.1) is 0 Å². The Labute approximate surface area is 210 Å². The molecule has 3 aromatic carbocycles. The molecule has 7 nitrogen and oxygen atoms in total. The van der Waals surface area contributed by atoms with Gasteiger partial charge in [-0.1, -0.05) is 36.4 Å². The molecular weight excluding hydrogens is 459 g/mol. The molecule has 1 saturated heterocycles. The zero-order valence-corrected chi connectivity index (χ0v) is 20.2. The molecule has 186 valence electrons. The van der Waals surface area contributed by atoms with Crippen molar-refractivity contribution in [2.75, 3.05) is 42.9 Å². The lowest BCUT2D eigenvalue weighted by atomic mass is 10.1. The Morgan fingerprint density at radius 1 is 0.889 bits per heavy atom. The molecule has 4 rings (SSSR count). The van der Waals surface area contributed by atoms with Crippen LogP contribution in [-0.4, -0.2) is 60.2 Å². The first kappa shape index (κ1) is 24.9. The number of benzene rings is 3. The summed E-state index contributed by atoms with van der Waals surface area (Å²) in [6.45, 7) is 4.17. The zero-order valence-electron chi connectivity index (χ0n) is 20.2. The number of hydrogen-bond donors (Lipinski definition) is 1. The van der Waals surface area contributed by atoms with E-state index in [1.165, 1.54) is 24.0 Å². The molecule has 1 N–H and O–H groups in total. The van der Waals surface area contributed by atoms with Crippen LogP contribution < -0.4 is 10.2 Å². The Morgan fingerprint density at radius 2 is 1.58 bits per heavy atom. The monoisotopic (exact) mass is 488 g/mol. The van der Waals surface area contributed by atoms with E-state index in [2.05, 4.69) is 10.2 Å². The Morgan fingerprint density at radius 3 is 2.22 bits per heavy atom. The first-order valence-electron chi connectivity index (χ1n) is 11.9. The van der Waals surface area contributed by atoms with Gasteiger partial charge in [-0.15, -0.1) is 0 Å². The third-order valence-electron chi connectivity index (χ3n) is 6.15. The van der Waals surface area contributed by atoms with Crippen molar-refractivity contribution in [3.8, 4) is 0 Å². The van der Waals surface area contributed by atoms with Gasteiger partial charge in [0.2, 0.25) is 11.8 Å². The lowest BCUT2D eigenvalue weighted by molar-refractivity contribution is -0.133. The van der Waals surface area contributed by atoms with Crippen LogP contribution in [0.1, 0.15) is 22.8 Å². The summed E-state index contributed by atoms with van der Waals surface area (Å²) in [5.74, 6) is -1.02. The number of halogens is 1. The zero-order chi connectivity index (χ0) is 25.5. The SMILES string of the molecule is CC(=O)N(CC(=O)Nc1ccc(N2CCN(C(=O)c3cccc(F)c3)CC2)cc1)Cc1ccccc1. The van der Waals surface area contributed by atoms with E-state index < -0.39 is 5.82 Å².